The van der Waals surface area contributed by atoms with Crippen molar-refractivity contribution in [3.8, 4) is 0 Å². The normalized spacial score (nSPS) is 20.8. The molecule has 1 amide bonds. The lowest BCUT2D eigenvalue weighted by Crippen LogP contribution is -2.44. The average Bonchev–Trinajstić information content (AvgIpc) is 3.06. The van der Waals surface area contributed by atoms with Crippen LogP contribution in [-0.4, -0.2) is 34.0 Å². The summed E-state index contributed by atoms with van der Waals surface area (Å²) in [4.78, 5) is 15.1. The summed E-state index contributed by atoms with van der Waals surface area (Å²) in [5, 5.41) is 0. The number of amides is 1. The van der Waals surface area contributed by atoms with Gasteiger partial charge in [0.1, 0.15) is 5.69 Å². The summed E-state index contributed by atoms with van der Waals surface area (Å²) in [6.07, 6.45) is 6.05. The Morgan fingerprint density at radius 2 is 1.83 bits per heavy atom. The fraction of sp³-hybridized carbons (Fsp3) is 0.450. The Morgan fingerprint density at radius 3 is 2.50 bits per heavy atom. The first-order valence-electron chi connectivity index (χ1n) is 8.94. The zero-order chi connectivity index (χ0) is 16.9. The van der Waals surface area contributed by atoms with E-state index in [9.17, 15) is 4.79 Å². The van der Waals surface area contributed by atoms with Gasteiger partial charge >= 0.3 is 0 Å². The molecule has 4 nitrogen and oxygen atoms in total. The lowest BCUT2D eigenvalue weighted by atomic mass is 9.90. The van der Waals surface area contributed by atoms with Crippen LogP contribution in [0.2, 0.25) is 0 Å². The highest BCUT2D eigenvalue weighted by atomic mass is 16.2. The number of aromatic nitrogens is 1. The van der Waals surface area contributed by atoms with Gasteiger partial charge in [0, 0.05) is 31.4 Å². The molecule has 1 fully saturated rings. The van der Waals surface area contributed by atoms with Crippen LogP contribution >= 0.6 is 0 Å². The fourth-order valence-electron chi connectivity index (χ4n) is 3.65. The molecular weight excluding hydrogens is 298 g/mol. The molecular formula is C20H27N3O. The maximum absolute atomic E-state index is 13.1. The molecule has 4 heteroatoms. The van der Waals surface area contributed by atoms with Crippen molar-refractivity contribution in [2.45, 2.75) is 51.2 Å². The molecule has 1 heterocycles. The van der Waals surface area contributed by atoms with E-state index in [0.717, 1.165) is 44.5 Å². The highest BCUT2D eigenvalue weighted by Crippen LogP contribution is 2.24. The molecule has 3 rings (SSSR count). The number of carbonyl (C=O) groups is 1. The first kappa shape index (κ1) is 16.8. The molecule has 128 valence electrons. The molecule has 1 aliphatic rings. The third kappa shape index (κ3) is 3.70. The number of rotatable bonds is 5. The molecule has 0 saturated heterocycles. The van der Waals surface area contributed by atoms with E-state index in [1.807, 2.05) is 41.4 Å². The van der Waals surface area contributed by atoms with Crippen LogP contribution in [-0.2, 0) is 6.54 Å². The molecule has 2 N–H and O–H groups in total. The summed E-state index contributed by atoms with van der Waals surface area (Å²) >= 11 is 0. The van der Waals surface area contributed by atoms with Crippen LogP contribution in [0.4, 0.5) is 0 Å². The van der Waals surface area contributed by atoms with Gasteiger partial charge in [-0.2, -0.15) is 0 Å². The van der Waals surface area contributed by atoms with Gasteiger partial charge in [-0.3, -0.25) is 4.79 Å². The van der Waals surface area contributed by atoms with Gasteiger partial charge in [0.2, 0.25) is 0 Å². The smallest absolute Gasteiger partial charge is 0.270 e. The quantitative estimate of drug-likeness (QED) is 0.917. The molecule has 1 aromatic heterocycles. The van der Waals surface area contributed by atoms with Crippen LogP contribution in [0.5, 0.6) is 0 Å². The van der Waals surface area contributed by atoms with Crippen molar-refractivity contribution in [1.82, 2.24) is 9.47 Å². The van der Waals surface area contributed by atoms with Crippen molar-refractivity contribution in [3.05, 3.63) is 59.9 Å². The van der Waals surface area contributed by atoms with Crippen LogP contribution in [0.1, 0.15) is 48.7 Å². The SMILES string of the molecule is CCN(C(=O)c1cccn1Cc1ccccc1)C1CCC(N)CC1. The predicted molar refractivity (Wildman–Crippen MR) is 96.9 cm³/mol. The number of nitrogens with two attached hydrogens (primary N) is 1. The summed E-state index contributed by atoms with van der Waals surface area (Å²) in [6, 6.07) is 14.8. The summed E-state index contributed by atoms with van der Waals surface area (Å²) in [7, 11) is 0. The molecule has 1 saturated carbocycles. The predicted octanol–water partition coefficient (Wildman–Crippen LogP) is 3.27. The van der Waals surface area contributed by atoms with Crippen molar-refractivity contribution in [2.75, 3.05) is 6.54 Å². The van der Waals surface area contributed by atoms with E-state index in [1.54, 1.807) is 0 Å². The molecule has 0 atom stereocenters. The van der Waals surface area contributed by atoms with Crippen molar-refractivity contribution in [2.24, 2.45) is 5.73 Å². The van der Waals surface area contributed by atoms with Crippen LogP contribution in [0.15, 0.2) is 48.7 Å². The zero-order valence-electron chi connectivity index (χ0n) is 14.4. The third-order valence-corrected chi connectivity index (χ3v) is 5.03. The summed E-state index contributed by atoms with van der Waals surface area (Å²) in [5.41, 5.74) is 7.99. The molecule has 0 unspecified atom stereocenters. The van der Waals surface area contributed by atoms with Gasteiger partial charge in [-0.25, -0.2) is 0 Å². The topological polar surface area (TPSA) is 51.3 Å². The average molecular weight is 325 g/mol. The minimum absolute atomic E-state index is 0.138. The van der Waals surface area contributed by atoms with E-state index >= 15 is 0 Å². The van der Waals surface area contributed by atoms with Gasteiger partial charge in [-0.1, -0.05) is 30.3 Å². The molecule has 0 radical (unpaired) electrons. The maximum Gasteiger partial charge on any atom is 0.270 e. The fourth-order valence-corrected chi connectivity index (χ4v) is 3.65. The van der Waals surface area contributed by atoms with Crippen molar-refractivity contribution < 1.29 is 4.79 Å². The lowest BCUT2D eigenvalue weighted by molar-refractivity contribution is 0.0630. The number of nitrogens with zero attached hydrogens (tertiary/aromatic N) is 2. The Labute approximate surface area is 144 Å². The highest BCUT2D eigenvalue weighted by Gasteiger charge is 2.28. The maximum atomic E-state index is 13.1. The molecule has 1 aliphatic carbocycles. The summed E-state index contributed by atoms with van der Waals surface area (Å²) in [5.74, 6) is 0.138. The van der Waals surface area contributed by atoms with E-state index in [2.05, 4.69) is 23.6 Å². The van der Waals surface area contributed by atoms with Crippen LogP contribution in [0.25, 0.3) is 0 Å². The molecule has 0 aliphatic heterocycles. The lowest BCUT2D eigenvalue weighted by Gasteiger charge is -2.35. The van der Waals surface area contributed by atoms with E-state index in [4.69, 9.17) is 5.73 Å². The number of carbonyl (C=O) groups excluding carboxylic acids is 1. The standard InChI is InChI=1S/C20H27N3O/c1-2-23(18-12-10-17(21)11-13-18)20(24)19-9-6-14-22(19)15-16-7-4-3-5-8-16/h3-9,14,17-18H,2,10-13,15,21H2,1H3. The molecule has 24 heavy (non-hydrogen) atoms. The van der Waals surface area contributed by atoms with Crippen molar-refractivity contribution in [1.29, 1.82) is 0 Å². The molecule has 2 aromatic rings. The first-order valence-corrected chi connectivity index (χ1v) is 8.94. The molecule has 0 spiro atoms. The Hall–Kier alpha value is -2.07. The van der Waals surface area contributed by atoms with Gasteiger partial charge in [0.05, 0.1) is 0 Å². The number of benzene rings is 1. The number of hydrogen-bond acceptors (Lipinski definition) is 2. The number of hydrogen-bond donors (Lipinski definition) is 1. The third-order valence-electron chi connectivity index (χ3n) is 5.03. The van der Waals surface area contributed by atoms with Gasteiger partial charge in [-0.05, 0) is 50.3 Å². The van der Waals surface area contributed by atoms with Crippen molar-refractivity contribution >= 4 is 5.91 Å². The first-order chi connectivity index (χ1) is 11.7. The van der Waals surface area contributed by atoms with Crippen LogP contribution < -0.4 is 5.73 Å². The minimum Gasteiger partial charge on any atom is -0.339 e. The molecule has 0 bridgehead atoms. The summed E-state index contributed by atoms with van der Waals surface area (Å²) in [6.45, 7) is 3.54. The highest BCUT2D eigenvalue weighted by molar-refractivity contribution is 5.93. The Bertz CT molecular complexity index is 657. The van der Waals surface area contributed by atoms with E-state index in [0.29, 0.717) is 12.1 Å². The van der Waals surface area contributed by atoms with Gasteiger partial charge in [-0.15, -0.1) is 0 Å². The largest absolute Gasteiger partial charge is 0.339 e. The Morgan fingerprint density at radius 1 is 1.12 bits per heavy atom. The van der Waals surface area contributed by atoms with Gasteiger partial charge in [0.15, 0.2) is 0 Å². The second-order valence-electron chi connectivity index (χ2n) is 6.67. The zero-order valence-corrected chi connectivity index (χ0v) is 14.4. The van der Waals surface area contributed by atoms with Crippen LogP contribution in [0.3, 0.4) is 0 Å². The summed E-state index contributed by atoms with van der Waals surface area (Å²) < 4.78 is 2.05. The monoisotopic (exact) mass is 325 g/mol. The Balaban J connectivity index is 1.75. The molecule has 1 aromatic carbocycles. The Kier molecular flexibility index (Phi) is 5.36. The van der Waals surface area contributed by atoms with Crippen molar-refractivity contribution in [3.63, 3.8) is 0 Å². The second-order valence-corrected chi connectivity index (χ2v) is 6.67. The van der Waals surface area contributed by atoms with E-state index in [1.165, 1.54) is 5.56 Å². The van der Waals surface area contributed by atoms with E-state index in [-0.39, 0.29) is 5.91 Å². The minimum atomic E-state index is 0.138. The van der Waals surface area contributed by atoms with Gasteiger partial charge < -0.3 is 15.2 Å². The van der Waals surface area contributed by atoms with Crippen LogP contribution in [0, 0.1) is 0 Å². The van der Waals surface area contributed by atoms with Gasteiger partial charge in [0.25, 0.3) is 5.91 Å². The van der Waals surface area contributed by atoms with E-state index < -0.39 is 0 Å². The second kappa shape index (κ2) is 7.67.